The number of aromatic nitrogens is 3. The molecule has 0 spiro atoms. The van der Waals surface area contributed by atoms with Crippen molar-refractivity contribution in [3.8, 4) is 0 Å². The molecule has 144 valence electrons. The van der Waals surface area contributed by atoms with Gasteiger partial charge in [0, 0.05) is 50.0 Å². The van der Waals surface area contributed by atoms with Crippen molar-refractivity contribution in [2.24, 2.45) is 12.0 Å². The van der Waals surface area contributed by atoms with E-state index in [-0.39, 0.29) is 5.82 Å². The van der Waals surface area contributed by atoms with Crippen molar-refractivity contribution in [3.05, 3.63) is 53.7 Å². The number of aromatic amines is 1. The van der Waals surface area contributed by atoms with Crippen LogP contribution in [0.25, 0.3) is 10.9 Å². The highest BCUT2D eigenvalue weighted by Crippen LogP contribution is 2.19. The Balaban J connectivity index is 1.48. The van der Waals surface area contributed by atoms with Crippen molar-refractivity contribution in [1.82, 2.24) is 25.4 Å². The Hall–Kier alpha value is -2.83. The molecule has 27 heavy (non-hydrogen) atoms. The predicted octanol–water partition coefficient (Wildman–Crippen LogP) is 2.77. The van der Waals surface area contributed by atoms with Crippen LogP contribution in [0.2, 0.25) is 0 Å². The number of hydrogen-bond donors (Lipinski definition) is 3. The van der Waals surface area contributed by atoms with Gasteiger partial charge in [-0.2, -0.15) is 5.10 Å². The van der Waals surface area contributed by atoms with E-state index in [4.69, 9.17) is 0 Å². The molecule has 0 atom stereocenters. The summed E-state index contributed by atoms with van der Waals surface area (Å²) < 4.78 is 15.1. The lowest BCUT2D eigenvalue weighted by molar-refractivity contribution is 0.629. The maximum Gasteiger partial charge on any atom is 0.191 e. The van der Waals surface area contributed by atoms with Crippen LogP contribution in [0.3, 0.4) is 0 Å². The number of benzene rings is 1. The van der Waals surface area contributed by atoms with Crippen LogP contribution < -0.4 is 10.6 Å². The summed E-state index contributed by atoms with van der Waals surface area (Å²) in [5.41, 5.74) is 3.24. The van der Waals surface area contributed by atoms with E-state index in [1.165, 1.54) is 23.3 Å². The number of aryl methyl sites for hydroxylation is 2. The molecule has 0 aliphatic heterocycles. The number of rotatable bonds is 8. The third-order valence-electron chi connectivity index (χ3n) is 4.41. The Bertz CT molecular complexity index is 895. The molecular formula is C20H27FN6. The molecule has 3 aromatic rings. The Labute approximate surface area is 158 Å². The van der Waals surface area contributed by atoms with Crippen LogP contribution in [0.5, 0.6) is 0 Å². The number of aliphatic imine (C=N–C) groups is 1. The SMILES string of the molecule is CCNC(=NCCCc1cnn(C)c1)NCCc1c[nH]c2cc(F)ccc12. The van der Waals surface area contributed by atoms with Crippen molar-refractivity contribution >= 4 is 16.9 Å². The molecule has 3 rings (SSSR count). The summed E-state index contributed by atoms with van der Waals surface area (Å²) in [4.78, 5) is 7.77. The molecule has 0 amide bonds. The first-order valence-corrected chi connectivity index (χ1v) is 9.41. The number of hydrogen-bond acceptors (Lipinski definition) is 2. The Kier molecular flexibility index (Phi) is 6.46. The summed E-state index contributed by atoms with van der Waals surface area (Å²) in [6, 6.07) is 4.86. The second kappa shape index (κ2) is 9.21. The van der Waals surface area contributed by atoms with Crippen molar-refractivity contribution in [2.45, 2.75) is 26.2 Å². The number of H-pyrrole nitrogens is 1. The van der Waals surface area contributed by atoms with E-state index >= 15 is 0 Å². The van der Waals surface area contributed by atoms with Crippen LogP contribution in [0.4, 0.5) is 4.39 Å². The molecule has 0 fully saturated rings. The first-order valence-electron chi connectivity index (χ1n) is 9.41. The van der Waals surface area contributed by atoms with Gasteiger partial charge in [0.2, 0.25) is 0 Å². The van der Waals surface area contributed by atoms with Crippen LogP contribution in [-0.4, -0.2) is 40.4 Å². The predicted molar refractivity (Wildman–Crippen MR) is 107 cm³/mol. The molecule has 0 saturated heterocycles. The fourth-order valence-corrected chi connectivity index (χ4v) is 3.10. The molecule has 0 radical (unpaired) electrons. The van der Waals surface area contributed by atoms with Gasteiger partial charge in [0.15, 0.2) is 5.96 Å². The van der Waals surface area contributed by atoms with Gasteiger partial charge in [0.05, 0.1) is 6.20 Å². The van der Waals surface area contributed by atoms with Crippen molar-refractivity contribution in [3.63, 3.8) is 0 Å². The van der Waals surface area contributed by atoms with Gasteiger partial charge < -0.3 is 15.6 Å². The van der Waals surface area contributed by atoms with E-state index < -0.39 is 0 Å². The zero-order chi connectivity index (χ0) is 19.1. The number of nitrogens with zero attached hydrogens (tertiary/aromatic N) is 3. The third kappa shape index (κ3) is 5.32. The summed E-state index contributed by atoms with van der Waals surface area (Å²) >= 11 is 0. The Morgan fingerprint density at radius 1 is 1.30 bits per heavy atom. The molecule has 0 unspecified atom stereocenters. The molecule has 2 heterocycles. The normalized spacial score (nSPS) is 11.9. The fraction of sp³-hybridized carbons (Fsp3) is 0.400. The summed E-state index contributed by atoms with van der Waals surface area (Å²) in [5.74, 6) is 0.608. The van der Waals surface area contributed by atoms with Crippen LogP contribution in [-0.2, 0) is 19.9 Å². The molecule has 0 saturated carbocycles. The van der Waals surface area contributed by atoms with Gasteiger partial charge in [0.1, 0.15) is 5.82 Å². The second-order valence-electron chi connectivity index (χ2n) is 6.57. The topological polar surface area (TPSA) is 70.0 Å². The molecular weight excluding hydrogens is 343 g/mol. The average Bonchev–Trinajstić information content (AvgIpc) is 3.24. The quantitative estimate of drug-likeness (QED) is 0.324. The first-order chi connectivity index (χ1) is 13.2. The van der Waals surface area contributed by atoms with Crippen LogP contribution in [0, 0.1) is 5.82 Å². The van der Waals surface area contributed by atoms with Gasteiger partial charge >= 0.3 is 0 Å². The van der Waals surface area contributed by atoms with E-state index in [9.17, 15) is 4.39 Å². The standard InChI is InChI=1S/C20H27FN6/c1-3-22-20(23-9-4-5-15-12-26-27(2)14-15)24-10-8-16-13-25-19-11-17(21)6-7-18(16)19/h6-7,11-14,25H,3-5,8-10H2,1-2H3,(H2,22,23,24). The van der Waals surface area contributed by atoms with Gasteiger partial charge in [-0.3, -0.25) is 9.67 Å². The fourth-order valence-electron chi connectivity index (χ4n) is 3.10. The molecule has 0 bridgehead atoms. The highest BCUT2D eigenvalue weighted by atomic mass is 19.1. The molecule has 3 N–H and O–H groups in total. The van der Waals surface area contributed by atoms with E-state index in [0.29, 0.717) is 0 Å². The van der Waals surface area contributed by atoms with E-state index in [2.05, 4.69) is 32.6 Å². The molecule has 0 aliphatic carbocycles. The summed E-state index contributed by atoms with van der Waals surface area (Å²) in [5, 5.41) is 11.9. The molecule has 0 aliphatic rings. The summed E-state index contributed by atoms with van der Waals surface area (Å²) in [7, 11) is 1.93. The second-order valence-corrected chi connectivity index (χ2v) is 6.57. The van der Waals surface area contributed by atoms with Crippen LogP contribution in [0.1, 0.15) is 24.5 Å². The molecule has 1 aromatic carbocycles. The minimum Gasteiger partial charge on any atom is -0.361 e. The van der Waals surface area contributed by atoms with Gasteiger partial charge in [-0.15, -0.1) is 0 Å². The van der Waals surface area contributed by atoms with Crippen molar-refractivity contribution < 1.29 is 4.39 Å². The number of fused-ring (bicyclic) bond motifs is 1. The van der Waals surface area contributed by atoms with Crippen molar-refractivity contribution in [1.29, 1.82) is 0 Å². The van der Waals surface area contributed by atoms with E-state index in [1.807, 2.05) is 36.4 Å². The maximum absolute atomic E-state index is 13.3. The molecule has 7 heteroatoms. The van der Waals surface area contributed by atoms with Gasteiger partial charge in [0.25, 0.3) is 0 Å². The Morgan fingerprint density at radius 2 is 2.19 bits per heavy atom. The van der Waals surface area contributed by atoms with Gasteiger partial charge in [-0.1, -0.05) is 0 Å². The average molecular weight is 370 g/mol. The minimum atomic E-state index is -0.220. The third-order valence-corrected chi connectivity index (χ3v) is 4.41. The number of guanidine groups is 1. The molecule has 6 nitrogen and oxygen atoms in total. The summed E-state index contributed by atoms with van der Waals surface area (Å²) in [6.07, 6.45) is 8.69. The zero-order valence-electron chi connectivity index (χ0n) is 15.9. The monoisotopic (exact) mass is 370 g/mol. The van der Waals surface area contributed by atoms with E-state index in [0.717, 1.165) is 55.8 Å². The molecule has 2 aromatic heterocycles. The summed E-state index contributed by atoms with van der Waals surface area (Å²) in [6.45, 7) is 4.40. The van der Waals surface area contributed by atoms with Crippen molar-refractivity contribution in [2.75, 3.05) is 19.6 Å². The zero-order valence-corrected chi connectivity index (χ0v) is 15.9. The maximum atomic E-state index is 13.3. The first kappa shape index (κ1) is 18.9. The lowest BCUT2D eigenvalue weighted by atomic mass is 10.1. The minimum absolute atomic E-state index is 0.220. The number of nitrogens with one attached hydrogen (secondary N) is 3. The highest BCUT2D eigenvalue weighted by molar-refractivity contribution is 5.83. The Morgan fingerprint density at radius 3 is 2.96 bits per heavy atom. The lowest BCUT2D eigenvalue weighted by Crippen LogP contribution is -2.38. The van der Waals surface area contributed by atoms with Crippen LogP contribution >= 0.6 is 0 Å². The highest BCUT2D eigenvalue weighted by Gasteiger charge is 2.05. The van der Waals surface area contributed by atoms with Gasteiger partial charge in [-0.05, 0) is 55.5 Å². The largest absolute Gasteiger partial charge is 0.361 e. The smallest absolute Gasteiger partial charge is 0.191 e. The lowest BCUT2D eigenvalue weighted by Gasteiger charge is -2.11. The van der Waals surface area contributed by atoms with E-state index in [1.54, 1.807) is 0 Å². The van der Waals surface area contributed by atoms with Gasteiger partial charge in [-0.25, -0.2) is 4.39 Å². The number of halogens is 1. The van der Waals surface area contributed by atoms with Crippen LogP contribution in [0.15, 0.2) is 41.8 Å².